The molecule has 0 saturated carbocycles. The normalized spacial score (nSPS) is 24.7. The molecule has 16 heavy (non-hydrogen) atoms. The summed E-state index contributed by atoms with van der Waals surface area (Å²) in [5.41, 5.74) is 10.3. The number of carbonyl (C=O) groups excluding carboxylic acids is 2. The molecule has 92 valence electrons. The molecule has 1 rings (SSSR count). The Labute approximate surface area is 93.6 Å². The third-order valence-electron chi connectivity index (χ3n) is 2.52. The SMILES string of the molecule is COCCOC1CC(C(N)=O)N(C(N)=O)C1. The molecule has 1 aliphatic rings. The lowest BCUT2D eigenvalue weighted by Gasteiger charge is -2.18. The second-order valence-electron chi connectivity index (χ2n) is 3.63. The molecule has 0 radical (unpaired) electrons. The number of carbonyl (C=O) groups is 2. The minimum absolute atomic E-state index is 0.208. The summed E-state index contributed by atoms with van der Waals surface area (Å²) in [6.07, 6.45) is 0.183. The molecule has 2 atom stereocenters. The summed E-state index contributed by atoms with van der Waals surface area (Å²) >= 11 is 0. The van der Waals surface area contributed by atoms with Crippen LogP contribution in [0.4, 0.5) is 4.79 Å². The van der Waals surface area contributed by atoms with Crippen LogP contribution in [0.1, 0.15) is 6.42 Å². The number of rotatable bonds is 5. The summed E-state index contributed by atoms with van der Waals surface area (Å²) in [4.78, 5) is 23.4. The van der Waals surface area contributed by atoms with Gasteiger partial charge in [-0.25, -0.2) is 4.79 Å². The van der Waals surface area contributed by atoms with Gasteiger partial charge in [-0.3, -0.25) is 4.79 Å². The molecule has 0 aliphatic carbocycles. The molecule has 0 bridgehead atoms. The van der Waals surface area contributed by atoms with E-state index in [0.717, 1.165) is 0 Å². The van der Waals surface area contributed by atoms with E-state index in [1.165, 1.54) is 4.90 Å². The van der Waals surface area contributed by atoms with Crippen molar-refractivity contribution < 1.29 is 19.1 Å². The molecule has 3 amide bonds. The molecule has 0 aromatic carbocycles. The van der Waals surface area contributed by atoms with Gasteiger partial charge in [0.05, 0.1) is 19.3 Å². The van der Waals surface area contributed by atoms with E-state index in [4.69, 9.17) is 20.9 Å². The number of urea groups is 1. The number of nitrogens with two attached hydrogens (primary N) is 2. The first-order valence-electron chi connectivity index (χ1n) is 5.02. The topological polar surface area (TPSA) is 108 Å². The van der Waals surface area contributed by atoms with Crippen LogP contribution in [0.25, 0.3) is 0 Å². The van der Waals surface area contributed by atoms with Crippen LogP contribution in [0.5, 0.6) is 0 Å². The Balaban J connectivity index is 2.48. The standard InChI is InChI=1S/C9H17N3O4/c1-15-2-3-16-6-4-7(8(10)13)12(5-6)9(11)14/h6-7H,2-5H2,1H3,(H2,10,13)(H2,11,14). The van der Waals surface area contributed by atoms with Crippen LogP contribution in [0.3, 0.4) is 0 Å². The number of primary amides is 2. The maximum atomic E-state index is 11.1. The van der Waals surface area contributed by atoms with Crippen LogP contribution < -0.4 is 11.5 Å². The van der Waals surface area contributed by atoms with Crippen molar-refractivity contribution in [3.63, 3.8) is 0 Å². The second kappa shape index (κ2) is 5.66. The first-order chi connectivity index (χ1) is 7.56. The lowest BCUT2D eigenvalue weighted by atomic mass is 10.2. The highest BCUT2D eigenvalue weighted by Gasteiger charge is 2.38. The van der Waals surface area contributed by atoms with Gasteiger partial charge in [-0.05, 0) is 0 Å². The Bertz CT molecular complexity index is 249. The number of amides is 3. The third-order valence-corrected chi connectivity index (χ3v) is 2.52. The number of ether oxygens (including phenoxy) is 2. The molecule has 2 unspecified atom stereocenters. The minimum Gasteiger partial charge on any atom is -0.382 e. The Morgan fingerprint density at radius 1 is 1.38 bits per heavy atom. The summed E-state index contributed by atoms with van der Waals surface area (Å²) in [6.45, 7) is 1.18. The van der Waals surface area contributed by atoms with E-state index in [-0.39, 0.29) is 6.10 Å². The van der Waals surface area contributed by atoms with Gasteiger partial charge >= 0.3 is 6.03 Å². The molecular weight excluding hydrogens is 214 g/mol. The summed E-state index contributed by atoms with van der Waals surface area (Å²) in [5.74, 6) is -0.559. The molecule has 1 heterocycles. The minimum atomic E-state index is -0.662. The van der Waals surface area contributed by atoms with E-state index in [9.17, 15) is 9.59 Å². The molecule has 0 aromatic rings. The zero-order chi connectivity index (χ0) is 12.1. The largest absolute Gasteiger partial charge is 0.382 e. The van der Waals surface area contributed by atoms with Gasteiger partial charge in [0.2, 0.25) is 5.91 Å². The zero-order valence-electron chi connectivity index (χ0n) is 9.22. The number of methoxy groups -OCH3 is 1. The highest BCUT2D eigenvalue weighted by molar-refractivity contribution is 5.86. The van der Waals surface area contributed by atoms with Gasteiger partial charge in [0, 0.05) is 20.1 Å². The maximum Gasteiger partial charge on any atom is 0.315 e. The van der Waals surface area contributed by atoms with Crippen molar-refractivity contribution in [2.75, 3.05) is 26.9 Å². The van der Waals surface area contributed by atoms with Gasteiger partial charge < -0.3 is 25.8 Å². The summed E-state index contributed by atoms with van der Waals surface area (Å²) in [7, 11) is 1.57. The van der Waals surface area contributed by atoms with Crippen molar-refractivity contribution in [2.24, 2.45) is 11.5 Å². The summed E-state index contributed by atoms with van der Waals surface area (Å²) < 4.78 is 10.3. The van der Waals surface area contributed by atoms with Crippen LogP contribution in [0.2, 0.25) is 0 Å². The Hall–Kier alpha value is -1.34. The molecule has 1 fully saturated rings. The fourth-order valence-corrected chi connectivity index (χ4v) is 1.73. The zero-order valence-corrected chi connectivity index (χ0v) is 9.22. The lowest BCUT2D eigenvalue weighted by Crippen LogP contribution is -2.46. The predicted octanol–water partition coefficient (Wildman–Crippen LogP) is -1.34. The lowest BCUT2D eigenvalue weighted by molar-refractivity contribution is -0.121. The average Bonchev–Trinajstić information content (AvgIpc) is 2.62. The van der Waals surface area contributed by atoms with Crippen molar-refractivity contribution in [3.05, 3.63) is 0 Å². The van der Waals surface area contributed by atoms with Crippen molar-refractivity contribution in [3.8, 4) is 0 Å². The molecule has 1 saturated heterocycles. The number of hydrogen-bond donors (Lipinski definition) is 2. The second-order valence-corrected chi connectivity index (χ2v) is 3.63. The average molecular weight is 231 g/mol. The van der Waals surface area contributed by atoms with Crippen molar-refractivity contribution >= 4 is 11.9 Å². The van der Waals surface area contributed by atoms with E-state index in [0.29, 0.717) is 26.2 Å². The van der Waals surface area contributed by atoms with Crippen LogP contribution in [-0.2, 0) is 14.3 Å². The third kappa shape index (κ3) is 3.07. The van der Waals surface area contributed by atoms with Gasteiger partial charge in [0.25, 0.3) is 0 Å². The molecule has 0 spiro atoms. The Morgan fingerprint density at radius 2 is 2.06 bits per heavy atom. The fraction of sp³-hybridized carbons (Fsp3) is 0.778. The molecule has 7 nitrogen and oxygen atoms in total. The first-order valence-corrected chi connectivity index (χ1v) is 5.02. The van der Waals surface area contributed by atoms with Crippen molar-refractivity contribution in [2.45, 2.75) is 18.6 Å². The molecular formula is C9H17N3O4. The van der Waals surface area contributed by atoms with E-state index < -0.39 is 18.0 Å². The van der Waals surface area contributed by atoms with Crippen molar-refractivity contribution in [1.82, 2.24) is 4.90 Å². The van der Waals surface area contributed by atoms with Gasteiger partial charge in [-0.2, -0.15) is 0 Å². The highest BCUT2D eigenvalue weighted by atomic mass is 16.5. The van der Waals surface area contributed by atoms with Gasteiger partial charge in [0.1, 0.15) is 6.04 Å². The van der Waals surface area contributed by atoms with Gasteiger partial charge in [0.15, 0.2) is 0 Å². The van der Waals surface area contributed by atoms with Crippen molar-refractivity contribution in [1.29, 1.82) is 0 Å². The first kappa shape index (κ1) is 12.7. The smallest absolute Gasteiger partial charge is 0.315 e. The number of hydrogen-bond acceptors (Lipinski definition) is 4. The van der Waals surface area contributed by atoms with Crippen LogP contribution >= 0.6 is 0 Å². The van der Waals surface area contributed by atoms with Crippen LogP contribution in [-0.4, -0.2) is 55.9 Å². The quantitative estimate of drug-likeness (QED) is 0.570. The van der Waals surface area contributed by atoms with Crippen LogP contribution in [0, 0.1) is 0 Å². The summed E-state index contributed by atoms with van der Waals surface area (Å²) in [6, 6.07) is -1.31. The monoisotopic (exact) mass is 231 g/mol. The Morgan fingerprint density at radius 3 is 2.50 bits per heavy atom. The molecule has 0 aromatic heterocycles. The predicted molar refractivity (Wildman–Crippen MR) is 55.5 cm³/mol. The van der Waals surface area contributed by atoms with E-state index in [1.807, 2.05) is 0 Å². The maximum absolute atomic E-state index is 11.1. The van der Waals surface area contributed by atoms with Gasteiger partial charge in [-0.1, -0.05) is 0 Å². The molecule has 4 N–H and O–H groups in total. The van der Waals surface area contributed by atoms with Crippen LogP contribution in [0.15, 0.2) is 0 Å². The van der Waals surface area contributed by atoms with E-state index >= 15 is 0 Å². The van der Waals surface area contributed by atoms with E-state index in [1.54, 1.807) is 7.11 Å². The Kier molecular flexibility index (Phi) is 4.51. The highest BCUT2D eigenvalue weighted by Crippen LogP contribution is 2.19. The molecule has 7 heteroatoms. The number of likely N-dealkylation sites (tertiary alicyclic amines) is 1. The number of nitrogens with zero attached hydrogens (tertiary/aromatic N) is 1. The summed E-state index contributed by atoms with van der Waals surface area (Å²) in [5, 5.41) is 0. The molecule has 1 aliphatic heterocycles. The van der Waals surface area contributed by atoms with E-state index in [2.05, 4.69) is 0 Å². The van der Waals surface area contributed by atoms with Gasteiger partial charge in [-0.15, -0.1) is 0 Å². The fourth-order valence-electron chi connectivity index (χ4n) is 1.73.